The third-order valence-electron chi connectivity index (χ3n) is 12.7. The van der Waals surface area contributed by atoms with E-state index in [2.05, 4.69) is 82.1 Å². The zero-order valence-electron chi connectivity index (χ0n) is 37.1. The maximum absolute atomic E-state index is 4.05. The number of aryl methyl sites for hydroxylation is 1. The molecule has 0 aliphatic rings. The molecular weight excluding hydrogens is 808 g/mol. The quantitative estimate of drug-likeness (QED) is 0.0397. The summed E-state index contributed by atoms with van der Waals surface area (Å²) >= 11 is 8.01. The standard InChI is InChI=1S/C54H88Br2/c1-3-5-7-9-11-13-15-17-19-21-23-25-27-29-31-33-35-37-39-47-41-42-48-45-52-50(44-49(48)43-47)46-53(55)51(54(52)56)40-38-36-34-32-30-28-26-24-22-20-18-16-14-12-10-8-6-4-2/h41-46H,3-40H2,1-2H3. The van der Waals surface area contributed by atoms with Gasteiger partial charge in [0.1, 0.15) is 0 Å². The van der Waals surface area contributed by atoms with Crippen molar-refractivity contribution in [1.82, 2.24) is 0 Å². The Labute approximate surface area is 365 Å². The van der Waals surface area contributed by atoms with Crippen LogP contribution < -0.4 is 0 Å². The number of hydrogen-bond acceptors (Lipinski definition) is 0. The van der Waals surface area contributed by atoms with Gasteiger partial charge in [-0.2, -0.15) is 0 Å². The smallest absolute Gasteiger partial charge is 0.0297 e. The SMILES string of the molecule is CCCCCCCCCCCCCCCCCCCCc1ccc2cc3c(Br)c(CCCCCCCCCCCCCCCCCCCC)c(Br)cc3cc2c1. The van der Waals surface area contributed by atoms with Crippen LogP contribution in [0, 0.1) is 0 Å². The van der Waals surface area contributed by atoms with Crippen LogP contribution in [0.25, 0.3) is 21.5 Å². The Hall–Kier alpha value is -0.860. The van der Waals surface area contributed by atoms with Crippen LogP contribution in [0.1, 0.15) is 256 Å². The monoisotopic (exact) mass is 895 g/mol. The van der Waals surface area contributed by atoms with Crippen molar-refractivity contribution in [3.8, 4) is 0 Å². The van der Waals surface area contributed by atoms with Crippen LogP contribution in [-0.4, -0.2) is 0 Å². The number of rotatable bonds is 38. The highest BCUT2D eigenvalue weighted by molar-refractivity contribution is 9.11. The molecule has 0 saturated carbocycles. The van der Waals surface area contributed by atoms with E-state index in [0.29, 0.717) is 0 Å². The van der Waals surface area contributed by atoms with Crippen molar-refractivity contribution >= 4 is 53.4 Å². The van der Waals surface area contributed by atoms with Crippen molar-refractivity contribution in [2.24, 2.45) is 0 Å². The zero-order chi connectivity index (χ0) is 39.7. The van der Waals surface area contributed by atoms with Gasteiger partial charge in [0, 0.05) is 8.95 Å². The molecule has 0 saturated heterocycles. The number of hydrogen-bond donors (Lipinski definition) is 0. The van der Waals surface area contributed by atoms with Crippen molar-refractivity contribution in [2.75, 3.05) is 0 Å². The lowest BCUT2D eigenvalue weighted by molar-refractivity contribution is 0.525. The first kappa shape index (κ1) is 49.5. The summed E-state index contributed by atoms with van der Waals surface area (Å²) in [6.45, 7) is 4.61. The summed E-state index contributed by atoms with van der Waals surface area (Å²) in [5.74, 6) is 0. The van der Waals surface area contributed by atoms with Crippen molar-refractivity contribution in [3.05, 3.63) is 56.5 Å². The van der Waals surface area contributed by atoms with Gasteiger partial charge in [-0.25, -0.2) is 0 Å². The van der Waals surface area contributed by atoms with Gasteiger partial charge in [0.15, 0.2) is 0 Å². The maximum atomic E-state index is 4.05. The predicted molar refractivity (Wildman–Crippen MR) is 262 cm³/mol. The molecule has 0 atom stereocenters. The number of benzene rings is 3. The first-order chi connectivity index (χ1) is 27.6. The lowest BCUT2D eigenvalue weighted by atomic mass is 9.97. The van der Waals surface area contributed by atoms with E-state index in [4.69, 9.17) is 0 Å². The molecule has 3 rings (SSSR count). The van der Waals surface area contributed by atoms with Crippen LogP contribution in [0.4, 0.5) is 0 Å². The summed E-state index contributed by atoms with van der Waals surface area (Å²) in [6.07, 6.45) is 53.9. The Kier molecular flexibility index (Phi) is 30.0. The summed E-state index contributed by atoms with van der Waals surface area (Å²) in [6, 6.07) is 14.4. The van der Waals surface area contributed by atoms with Gasteiger partial charge in [0.05, 0.1) is 0 Å². The second kappa shape index (κ2) is 33.9. The number of unbranched alkanes of at least 4 members (excludes halogenated alkanes) is 34. The fourth-order valence-electron chi connectivity index (χ4n) is 8.98. The number of halogens is 2. The van der Waals surface area contributed by atoms with Crippen LogP contribution in [0.15, 0.2) is 45.3 Å². The molecule has 0 aliphatic carbocycles. The van der Waals surface area contributed by atoms with Gasteiger partial charge in [0.25, 0.3) is 0 Å². The van der Waals surface area contributed by atoms with E-state index in [0.717, 1.165) is 6.42 Å². The van der Waals surface area contributed by atoms with Crippen LogP contribution >= 0.6 is 31.9 Å². The molecule has 0 fully saturated rings. The Morgan fingerprint density at radius 3 is 1.07 bits per heavy atom. The van der Waals surface area contributed by atoms with Crippen LogP contribution in [0.5, 0.6) is 0 Å². The van der Waals surface area contributed by atoms with Crippen LogP contribution in [0.3, 0.4) is 0 Å². The molecule has 0 radical (unpaired) electrons. The topological polar surface area (TPSA) is 0 Å². The van der Waals surface area contributed by atoms with Gasteiger partial charge in [0.2, 0.25) is 0 Å². The third kappa shape index (κ3) is 22.5. The average Bonchev–Trinajstić information content (AvgIpc) is 3.20. The summed E-state index contributed by atoms with van der Waals surface area (Å²) in [5, 5.41) is 5.44. The minimum absolute atomic E-state index is 1.15. The fraction of sp³-hybridized carbons (Fsp3) is 0.741. The summed E-state index contributed by atoms with van der Waals surface area (Å²) in [7, 11) is 0. The fourth-order valence-corrected chi connectivity index (χ4v) is 10.6. The molecule has 0 unspecified atom stereocenters. The van der Waals surface area contributed by atoms with Gasteiger partial charge in [-0.05, 0) is 92.5 Å². The number of fused-ring (bicyclic) bond motifs is 2. The highest BCUT2D eigenvalue weighted by atomic mass is 79.9. The molecule has 0 N–H and O–H groups in total. The zero-order valence-corrected chi connectivity index (χ0v) is 40.3. The molecule has 0 aromatic heterocycles. The van der Waals surface area contributed by atoms with Gasteiger partial charge >= 0.3 is 0 Å². The van der Waals surface area contributed by atoms with E-state index in [-0.39, 0.29) is 0 Å². The molecule has 0 aliphatic heterocycles. The minimum atomic E-state index is 1.15. The summed E-state index contributed by atoms with van der Waals surface area (Å²) in [4.78, 5) is 0. The Morgan fingerprint density at radius 2 is 0.679 bits per heavy atom. The lowest BCUT2D eigenvalue weighted by Crippen LogP contribution is -1.93. The Bertz CT molecular complexity index is 1370. The van der Waals surface area contributed by atoms with Gasteiger partial charge < -0.3 is 0 Å². The molecule has 0 amide bonds. The molecule has 0 heterocycles. The normalized spacial score (nSPS) is 11.8. The maximum Gasteiger partial charge on any atom is 0.0297 e. The van der Waals surface area contributed by atoms with E-state index in [1.807, 2.05) is 0 Å². The van der Waals surface area contributed by atoms with E-state index in [1.54, 1.807) is 0 Å². The summed E-state index contributed by atoms with van der Waals surface area (Å²) < 4.78 is 2.55. The molecule has 2 heteroatoms. The molecule has 0 bridgehead atoms. The Balaban J connectivity index is 1.21. The largest absolute Gasteiger partial charge is 0.0654 e. The first-order valence-corrected chi connectivity index (χ1v) is 26.6. The van der Waals surface area contributed by atoms with E-state index < -0.39 is 0 Å². The Morgan fingerprint density at radius 1 is 0.321 bits per heavy atom. The average molecular weight is 897 g/mol. The third-order valence-corrected chi connectivity index (χ3v) is 14.4. The second-order valence-electron chi connectivity index (χ2n) is 17.9. The first-order valence-electron chi connectivity index (χ1n) is 25.0. The highest BCUT2D eigenvalue weighted by Crippen LogP contribution is 2.37. The van der Waals surface area contributed by atoms with Crippen LogP contribution in [-0.2, 0) is 12.8 Å². The molecule has 0 nitrogen and oxygen atoms in total. The van der Waals surface area contributed by atoms with Crippen molar-refractivity contribution < 1.29 is 0 Å². The van der Waals surface area contributed by atoms with Gasteiger partial charge in [-0.1, -0.05) is 266 Å². The molecule has 56 heavy (non-hydrogen) atoms. The molecule has 3 aromatic carbocycles. The van der Waals surface area contributed by atoms with Crippen molar-refractivity contribution in [1.29, 1.82) is 0 Å². The highest BCUT2D eigenvalue weighted by Gasteiger charge is 2.12. The van der Waals surface area contributed by atoms with E-state index >= 15 is 0 Å². The lowest BCUT2D eigenvalue weighted by Gasteiger charge is -2.13. The van der Waals surface area contributed by atoms with Gasteiger partial charge in [-0.3, -0.25) is 0 Å². The van der Waals surface area contributed by atoms with E-state index in [1.165, 1.54) is 279 Å². The summed E-state index contributed by atoms with van der Waals surface area (Å²) in [5.41, 5.74) is 2.94. The molecule has 0 spiro atoms. The van der Waals surface area contributed by atoms with Crippen molar-refractivity contribution in [3.63, 3.8) is 0 Å². The second-order valence-corrected chi connectivity index (χ2v) is 19.6. The molecular formula is C54H88Br2. The van der Waals surface area contributed by atoms with Gasteiger partial charge in [-0.15, -0.1) is 0 Å². The van der Waals surface area contributed by atoms with E-state index in [9.17, 15) is 0 Å². The molecule has 3 aromatic rings. The van der Waals surface area contributed by atoms with Crippen LogP contribution in [0.2, 0.25) is 0 Å². The predicted octanol–water partition coefficient (Wildman–Crippen LogP) is 20.7. The minimum Gasteiger partial charge on any atom is -0.0654 e. The van der Waals surface area contributed by atoms with Crippen molar-refractivity contribution in [2.45, 2.75) is 258 Å². The molecule has 318 valence electrons.